The van der Waals surface area contributed by atoms with Crippen molar-refractivity contribution in [2.24, 2.45) is 5.10 Å². The quantitative estimate of drug-likeness (QED) is 0.666. The van der Waals surface area contributed by atoms with Crippen LogP contribution in [0.25, 0.3) is 0 Å². The van der Waals surface area contributed by atoms with Crippen LogP contribution in [0.1, 0.15) is 15.9 Å². The fraction of sp³-hybridized carbons (Fsp3) is 0. The van der Waals surface area contributed by atoms with E-state index in [9.17, 15) is 13.6 Å². The molecule has 2 aromatic carbocycles. The molecular weight excluding hydrogens is 266 g/mol. The zero-order chi connectivity index (χ0) is 14.5. The molecule has 0 spiro atoms. The first-order valence-electron chi connectivity index (χ1n) is 5.64. The Balaban J connectivity index is 2.16. The predicted molar refractivity (Wildman–Crippen MR) is 71.0 cm³/mol. The Kier molecular flexibility index (Phi) is 4.05. The van der Waals surface area contributed by atoms with Crippen molar-refractivity contribution in [3.8, 4) is 0 Å². The van der Waals surface area contributed by atoms with E-state index in [-0.39, 0.29) is 11.3 Å². The zero-order valence-electron chi connectivity index (χ0n) is 10.2. The molecule has 4 nitrogen and oxygen atoms in total. The number of benzene rings is 2. The van der Waals surface area contributed by atoms with Gasteiger partial charge in [0.05, 0.1) is 17.5 Å². The van der Waals surface area contributed by atoms with Gasteiger partial charge in [0, 0.05) is 11.6 Å². The van der Waals surface area contributed by atoms with Gasteiger partial charge in [-0.05, 0) is 18.2 Å². The number of nitrogens with one attached hydrogen (secondary N) is 1. The van der Waals surface area contributed by atoms with Crippen LogP contribution < -0.4 is 5.43 Å². The number of hydrogen-bond acceptors (Lipinski definition) is 3. The molecule has 6 heteroatoms. The van der Waals surface area contributed by atoms with Crippen LogP contribution in [-0.2, 0) is 0 Å². The van der Waals surface area contributed by atoms with Gasteiger partial charge in [0.1, 0.15) is 5.82 Å². The van der Waals surface area contributed by atoms with Crippen molar-refractivity contribution in [1.29, 1.82) is 0 Å². The maximum atomic E-state index is 13.3. The number of carboxylic acids is 1. The second kappa shape index (κ2) is 5.92. The third kappa shape index (κ3) is 3.17. The van der Waals surface area contributed by atoms with Crippen molar-refractivity contribution in [2.45, 2.75) is 0 Å². The monoisotopic (exact) mass is 276 g/mol. The molecule has 0 aromatic heterocycles. The summed E-state index contributed by atoms with van der Waals surface area (Å²) in [5.74, 6) is -2.55. The molecule has 0 radical (unpaired) electrons. The summed E-state index contributed by atoms with van der Waals surface area (Å²) >= 11 is 0. The molecule has 0 saturated carbocycles. The fourth-order valence-electron chi connectivity index (χ4n) is 1.56. The summed E-state index contributed by atoms with van der Waals surface area (Å²) in [7, 11) is 0. The Morgan fingerprint density at radius 1 is 1.20 bits per heavy atom. The molecule has 0 fully saturated rings. The topological polar surface area (TPSA) is 61.7 Å². The first-order valence-corrected chi connectivity index (χ1v) is 5.64. The van der Waals surface area contributed by atoms with Gasteiger partial charge in [-0.3, -0.25) is 5.43 Å². The van der Waals surface area contributed by atoms with E-state index >= 15 is 0 Å². The van der Waals surface area contributed by atoms with Crippen molar-refractivity contribution in [3.05, 3.63) is 65.2 Å². The van der Waals surface area contributed by atoms with E-state index in [4.69, 9.17) is 5.11 Å². The standard InChI is InChI=1S/C14H10F2N2O2/c15-10-5-6-13(12(16)7-10)18-17-8-9-3-1-2-4-11(9)14(19)20/h1-8,18H,(H,19,20). The highest BCUT2D eigenvalue weighted by Gasteiger charge is 2.07. The van der Waals surface area contributed by atoms with Gasteiger partial charge in [-0.1, -0.05) is 18.2 Å². The Labute approximate surface area is 113 Å². The molecule has 2 aromatic rings. The molecule has 2 N–H and O–H groups in total. The van der Waals surface area contributed by atoms with Crippen LogP contribution in [0, 0.1) is 11.6 Å². The summed E-state index contributed by atoms with van der Waals surface area (Å²) in [6, 6.07) is 9.26. The maximum absolute atomic E-state index is 13.3. The zero-order valence-corrected chi connectivity index (χ0v) is 10.2. The molecule has 20 heavy (non-hydrogen) atoms. The molecule has 2 rings (SSSR count). The summed E-state index contributed by atoms with van der Waals surface area (Å²) in [6.07, 6.45) is 1.26. The lowest BCUT2D eigenvalue weighted by atomic mass is 10.1. The van der Waals surface area contributed by atoms with E-state index < -0.39 is 17.6 Å². The Morgan fingerprint density at radius 2 is 1.95 bits per heavy atom. The van der Waals surface area contributed by atoms with Crippen molar-refractivity contribution in [3.63, 3.8) is 0 Å². The van der Waals surface area contributed by atoms with Gasteiger partial charge in [0.2, 0.25) is 0 Å². The molecule has 0 aliphatic carbocycles. The largest absolute Gasteiger partial charge is 0.478 e. The molecule has 0 bridgehead atoms. The smallest absolute Gasteiger partial charge is 0.336 e. The number of anilines is 1. The van der Waals surface area contributed by atoms with Crippen LogP contribution in [0.4, 0.5) is 14.5 Å². The molecule has 0 heterocycles. The Bertz CT molecular complexity index is 672. The molecule has 0 saturated heterocycles. The van der Waals surface area contributed by atoms with E-state index in [1.54, 1.807) is 18.2 Å². The number of nitrogens with zero attached hydrogens (tertiary/aromatic N) is 1. The summed E-state index contributed by atoms with van der Waals surface area (Å²) in [5.41, 5.74) is 2.84. The average molecular weight is 276 g/mol. The Hall–Kier alpha value is -2.76. The van der Waals surface area contributed by atoms with Crippen LogP contribution in [0.15, 0.2) is 47.6 Å². The van der Waals surface area contributed by atoms with Crippen molar-refractivity contribution in [2.75, 3.05) is 5.43 Å². The lowest BCUT2D eigenvalue weighted by Crippen LogP contribution is -2.02. The number of aromatic carboxylic acids is 1. The van der Waals surface area contributed by atoms with E-state index in [2.05, 4.69) is 10.5 Å². The van der Waals surface area contributed by atoms with Gasteiger partial charge >= 0.3 is 5.97 Å². The van der Waals surface area contributed by atoms with Gasteiger partial charge < -0.3 is 5.11 Å². The number of hydrazone groups is 1. The van der Waals surface area contributed by atoms with Gasteiger partial charge in [0.25, 0.3) is 0 Å². The minimum absolute atomic E-state index is 0.00421. The summed E-state index contributed by atoms with van der Waals surface area (Å²) < 4.78 is 26.0. The molecule has 0 unspecified atom stereocenters. The number of carbonyl (C=O) groups is 1. The highest BCUT2D eigenvalue weighted by molar-refractivity contribution is 5.98. The van der Waals surface area contributed by atoms with Crippen LogP contribution in [0.5, 0.6) is 0 Å². The number of rotatable bonds is 4. The van der Waals surface area contributed by atoms with E-state index in [0.29, 0.717) is 5.56 Å². The third-order valence-electron chi connectivity index (χ3n) is 2.51. The molecule has 0 aliphatic rings. The van der Waals surface area contributed by atoms with Gasteiger partial charge in [-0.15, -0.1) is 0 Å². The summed E-state index contributed by atoms with van der Waals surface area (Å²) in [5, 5.41) is 12.7. The van der Waals surface area contributed by atoms with Crippen molar-refractivity contribution >= 4 is 17.9 Å². The highest BCUT2D eigenvalue weighted by Crippen LogP contribution is 2.14. The van der Waals surface area contributed by atoms with Crippen LogP contribution in [0.2, 0.25) is 0 Å². The summed E-state index contributed by atoms with van der Waals surface area (Å²) in [4.78, 5) is 11.0. The predicted octanol–water partition coefficient (Wildman–Crippen LogP) is 3.11. The van der Waals surface area contributed by atoms with Gasteiger partial charge in [0.15, 0.2) is 5.82 Å². The fourth-order valence-corrected chi connectivity index (χ4v) is 1.56. The molecule has 0 amide bonds. The maximum Gasteiger partial charge on any atom is 0.336 e. The van der Waals surface area contributed by atoms with E-state index in [0.717, 1.165) is 12.1 Å². The first kappa shape index (κ1) is 13.7. The normalized spacial score (nSPS) is 10.7. The highest BCUT2D eigenvalue weighted by atomic mass is 19.1. The number of hydrogen-bond donors (Lipinski definition) is 2. The average Bonchev–Trinajstić information content (AvgIpc) is 2.41. The van der Waals surface area contributed by atoms with Gasteiger partial charge in [-0.2, -0.15) is 5.10 Å². The van der Waals surface area contributed by atoms with Crippen LogP contribution >= 0.6 is 0 Å². The molecule has 0 atom stereocenters. The number of halogens is 2. The van der Waals surface area contributed by atoms with Crippen LogP contribution in [-0.4, -0.2) is 17.3 Å². The lowest BCUT2D eigenvalue weighted by Gasteiger charge is -2.03. The molecule has 0 aliphatic heterocycles. The Morgan fingerprint density at radius 3 is 2.65 bits per heavy atom. The second-order valence-corrected chi connectivity index (χ2v) is 3.89. The SMILES string of the molecule is O=C(O)c1ccccc1C=NNc1ccc(F)cc1F. The van der Waals surface area contributed by atoms with Crippen molar-refractivity contribution in [1.82, 2.24) is 0 Å². The minimum atomic E-state index is -1.08. The third-order valence-corrected chi connectivity index (χ3v) is 2.51. The summed E-state index contributed by atoms with van der Waals surface area (Å²) in [6.45, 7) is 0. The van der Waals surface area contributed by atoms with E-state index in [1.165, 1.54) is 18.3 Å². The first-order chi connectivity index (χ1) is 9.58. The second-order valence-electron chi connectivity index (χ2n) is 3.89. The van der Waals surface area contributed by atoms with Crippen molar-refractivity contribution < 1.29 is 18.7 Å². The molecular formula is C14H10F2N2O2. The van der Waals surface area contributed by atoms with E-state index in [1.807, 2.05) is 0 Å². The molecule has 102 valence electrons. The van der Waals surface area contributed by atoms with Gasteiger partial charge in [-0.25, -0.2) is 13.6 Å². The lowest BCUT2D eigenvalue weighted by molar-refractivity contribution is 0.0697. The number of carboxylic acid groups (broad SMARTS) is 1. The minimum Gasteiger partial charge on any atom is -0.478 e. The van der Waals surface area contributed by atoms with Crippen LogP contribution in [0.3, 0.4) is 0 Å².